The summed E-state index contributed by atoms with van der Waals surface area (Å²) in [4.78, 5) is 2.46. The molecule has 0 heterocycles. The number of nitrogens with zero attached hydrogens (tertiary/aromatic N) is 1. The molecule has 1 unspecified atom stereocenters. The quantitative estimate of drug-likeness (QED) is 0.686. The first-order chi connectivity index (χ1) is 7.44. The highest BCUT2D eigenvalue weighted by Crippen LogP contribution is 2.24. The van der Waals surface area contributed by atoms with Crippen LogP contribution in [0.2, 0.25) is 0 Å². The van der Waals surface area contributed by atoms with Gasteiger partial charge in [0.1, 0.15) is 0 Å². The van der Waals surface area contributed by atoms with Crippen LogP contribution in [-0.4, -0.2) is 49.8 Å². The fraction of sp³-hybridized carbons (Fsp3) is 1.00. The summed E-state index contributed by atoms with van der Waals surface area (Å²) < 4.78 is 5.43. The van der Waals surface area contributed by atoms with Gasteiger partial charge in [0.2, 0.25) is 0 Å². The molecule has 3 heteroatoms. The molecule has 0 bridgehead atoms. The number of rotatable bonds is 8. The number of hydrogen-bond acceptors (Lipinski definition) is 3. The highest BCUT2D eigenvalue weighted by atomic mass is 16.5. The van der Waals surface area contributed by atoms with Gasteiger partial charge in [-0.1, -0.05) is 0 Å². The first-order valence-corrected chi connectivity index (χ1v) is 6.43. The van der Waals surface area contributed by atoms with Crippen molar-refractivity contribution in [1.29, 1.82) is 0 Å². The molecule has 0 amide bonds. The molecule has 1 fully saturated rings. The summed E-state index contributed by atoms with van der Waals surface area (Å²) in [6, 6.07) is 1.38. The van der Waals surface area contributed by atoms with Crippen molar-refractivity contribution in [2.75, 3.05) is 27.2 Å². The van der Waals surface area contributed by atoms with Crippen LogP contribution in [0.5, 0.6) is 0 Å². The number of nitrogens with one attached hydrogen (secondary N) is 1. The summed E-state index contributed by atoms with van der Waals surface area (Å²) in [5, 5.41) is 3.56. The van der Waals surface area contributed by atoms with Crippen molar-refractivity contribution in [1.82, 2.24) is 10.2 Å². The zero-order valence-corrected chi connectivity index (χ0v) is 11.5. The van der Waals surface area contributed by atoms with Gasteiger partial charge in [0.05, 0.1) is 5.60 Å². The lowest BCUT2D eigenvalue weighted by Crippen LogP contribution is -2.39. The smallest absolute Gasteiger partial charge is 0.0637 e. The minimum absolute atomic E-state index is 0.0190. The van der Waals surface area contributed by atoms with Gasteiger partial charge in [0.15, 0.2) is 0 Å². The Hall–Kier alpha value is -0.120. The van der Waals surface area contributed by atoms with E-state index in [2.05, 4.69) is 38.0 Å². The first kappa shape index (κ1) is 13.9. The Balaban J connectivity index is 2.07. The fourth-order valence-electron chi connectivity index (χ4n) is 2.08. The minimum atomic E-state index is -0.0190. The molecule has 1 atom stereocenters. The number of likely N-dealkylation sites (N-methyl/N-ethyl adjacent to an activating group) is 1. The predicted octanol–water partition coefficient (Wildman–Crippen LogP) is 1.87. The Kier molecular flexibility index (Phi) is 5.22. The van der Waals surface area contributed by atoms with Gasteiger partial charge < -0.3 is 15.0 Å². The van der Waals surface area contributed by atoms with Crippen molar-refractivity contribution in [3.05, 3.63) is 0 Å². The van der Waals surface area contributed by atoms with Gasteiger partial charge >= 0.3 is 0 Å². The van der Waals surface area contributed by atoms with E-state index in [0.29, 0.717) is 6.04 Å². The van der Waals surface area contributed by atoms with Crippen LogP contribution in [0.1, 0.15) is 40.0 Å². The molecule has 3 nitrogen and oxygen atoms in total. The number of methoxy groups -OCH3 is 1. The predicted molar refractivity (Wildman–Crippen MR) is 68.8 cm³/mol. The maximum Gasteiger partial charge on any atom is 0.0637 e. The van der Waals surface area contributed by atoms with Gasteiger partial charge in [0, 0.05) is 32.3 Å². The van der Waals surface area contributed by atoms with E-state index in [9.17, 15) is 0 Å². The molecule has 1 saturated carbocycles. The third-order valence-corrected chi connectivity index (χ3v) is 3.48. The summed E-state index contributed by atoms with van der Waals surface area (Å²) in [5.41, 5.74) is -0.0190. The third kappa shape index (κ3) is 5.28. The lowest BCUT2D eigenvalue weighted by molar-refractivity contribution is 0.00848. The molecule has 96 valence electrons. The second-order valence-electron chi connectivity index (χ2n) is 5.73. The zero-order chi connectivity index (χ0) is 12.2. The van der Waals surface area contributed by atoms with Gasteiger partial charge in [-0.2, -0.15) is 0 Å². The number of ether oxygens (including phenoxy) is 1. The van der Waals surface area contributed by atoms with Crippen LogP contribution in [0.15, 0.2) is 0 Å². The summed E-state index contributed by atoms with van der Waals surface area (Å²) in [7, 11) is 4.01. The first-order valence-electron chi connectivity index (χ1n) is 6.43. The van der Waals surface area contributed by atoms with Crippen molar-refractivity contribution >= 4 is 0 Å². The molecule has 1 aliphatic rings. The lowest BCUT2D eigenvalue weighted by atomic mass is 10.00. The summed E-state index contributed by atoms with van der Waals surface area (Å²) in [5.74, 6) is 0. The molecular formula is C13H28N2O. The average molecular weight is 228 g/mol. The van der Waals surface area contributed by atoms with Crippen LogP contribution in [0.25, 0.3) is 0 Å². The molecule has 1 rings (SSSR count). The molecule has 0 saturated heterocycles. The van der Waals surface area contributed by atoms with Gasteiger partial charge in [-0.05, 0) is 47.1 Å². The van der Waals surface area contributed by atoms with Crippen molar-refractivity contribution in [3.63, 3.8) is 0 Å². The maximum absolute atomic E-state index is 5.43. The van der Waals surface area contributed by atoms with Crippen LogP contribution >= 0.6 is 0 Å². The highest BCUT2D eigenvalue weighted by Gasteiger charge is 2.25. The minimum Gasteiger partial charge on any atom is -0.379 e. The maximum atomic E-state index is 5.43. The highest BCUT2D eigenvalue weighted by molar-refractivity contribution is 4.83. The van der Waals surface area contributed by atoms with E-state index in [1.54, 1.807) is 7.11 Å². The Morgan fingerprint density at radius 2 is 2.06 bits per heavy atom. The van der Waals surface area contributed by atoms with Crippen molar-refractivity contribution in [3.8, 4) is 0 Å². The molecule has 0 aromatic carbocycles. The van der Waals surface area contributed by atoms with Crippen LogP contribution < -0.4 is 5.32 Å². The monoisotopic (exact) mass is 228 g/mol. The Bertz CT molecular complexity index is 202. The van der Waals surface area contributed by atoms with Crippen LogP contribution in [0.4, 0.5) is 0 Å². The molecule has 0 aromatic heterocycles. The molecule has 0 aliphatic heterocycles. The van der Waals surface area contributed by atoms with E-state index < -0.39 is 0 Å². The Morgan fingerprint density at radius 1 is 1.44 bits per heavy atom. The van der Waals surface area contributed by atoms with Crippen LogP contribution in [-0.2, 0) is 4.74 Å². The second-order valence-corrected chi connectivity index (χ2v) is 5.73. The normalized spacial score (nSPS) is 19.1. The van der Waals surface area contributed by atoms with Gasteiger partial charge in [-0.25, -0.2) is 0 Å². The average Bonchev–Trinajstić information content (AvgIpc) is 3.00. The molecule has 1 N–H and O–H groups in total. The standard InChI is InChI=1S/C13H28N2O/c1-11(10-13(2,3)16-5)14-8-9-15(4)12-6-7-12/h11-12,14H,6-10H2,1-5H3. The summed E-state index contributed by atoms with van der Waals surface area (Å²) in [6.07, 6.45) is 3.84. The molecule has 0 radical (unpaired) electrons. The topological polar surface area (TPSA) is 24.5 Å². The van der Waals surface area contributed by atoms with Gasteiger partial charge in [-0.3, -0.25) is 0 Å². The third-order valence-electron chi connectivity index (χ3n) is 3.48. The molecule has 0 spiro atoms. The van der Waals surface area contributed by atoms with E-state index in [1.807, 2.05) is 0 Å². The number of hydrogen-bond donors (Lipinski definition) is 1. The van der Waals surface area contributed by atoms with Crippen molar-refractivity contribution in [2.24, 2.45) is 0 Å². The van der Waals surface area contributed by atoms with Crippen LogP contribution in [0.3, 0.4) is 0 Å². The van der Waals surface area contributed by atoms with Gasteiger partial charge in [0.25, 0.3) is 0 Å². The van der Waals surface area contributed by atoms with E-state index in [0.717, 1.165) is 25.6 Å². The second kappa shape index (κ2) is 5.99. The molecule has 16 heavy (non-hydrogen) atoms. The van der Waals surface area contributed by atoms with E-state index in [1.165, 1.54) is 12.8 Å². The summed E-state index contributed by atoms with van der Waals surface area (Å²) in [6.45, 7) is 8.75. The zero-order valence-electron chi connectivity index (χ0n) is 11.5. The SMILES string of the molecule is COC(C)(C)CC(C)NCCN(C)C1CC1. The molecule has 0 aromatic rings. The van der Waals surface area contributed by atoms with Crippen LogP contribution in [0, 0.1) is 0 Å². The largest absolute Gasteiger partial charge is 0.379 e. The van der Waals surface area contributed by atoms with E-state index in [-0.39, 0.29) is 5.60 Å². The Labute approximate surface area is 101 Å². The summed E-state index contributed by atoms with van der Waals surface area (Å²) >= 11 is 0. The van der Waals surface area contributed by atoms with Gasteiger partial charge in [-0.15, -0.1) is 0 Å². The molecular weight excluding hydrogens is 200 g/mol. The lowest BCUT2D eigenvalue weighted by Gasteiger charge is -2.27. The Morgan fingerprint density at radius 3 is 2.56 bits per heavy atom. The van der Waals surface area contributed by atoms with E-state index in [4.69, 9.17) is 4.74 Å². The van der Waals surface area contributed by atoms with E-state index >= 15 is 0 Å². The van der Waals surface area contributed by atoms with Crippen molar-refractivity contribution in [2.45, 2.75) is 57.7 Å². The fourth-order valence-corrected chi connectivity index (χ4v) is 2.08. The van der Waals surface area contributed by atoms with Crippen molar-refractivity contribution < 1.29 is 4.74 Å². The molecule has 1 aliphatic carbocycles.